The first-order valence-electron chi connectivity index (χ1n) is 9.01. The van der Waals surface area contributed by atoms with Gasteiger partial charge in [-0.15, -0.1) is 13.2 Å². The van der Waals surface area contributed by atoms with Gasteiger partial charge in [0.15, 0.2) is 0 Å². The first-order valence-corrected chi connectivity index (χ1v) is 9.01. The van der Waals surface area contributed by atoms with E-state index in [1.54, 1.807) is 18.2 Å². The second kappa shape index (κ2) is 8.52. The molecule has 0 aliphatic carbocycles. The van der Waals surface area contributed by atoms with Crippen molar-refractivity contribution >= 4 is 17.3 Å². The molecule has 0 unspecified atom stereocenters. The van der Waals surface area contributed by atoms with Crippen LogP contribution in [-0.4, -0.2) is 43.3 Å². The van der Waals surface area contributed by atoms with Crippen LogP contribution in [0.1, 0.15) is 23.2 Å². The van der Waals surface area contributed by atoms with Gasteiger partial charge in [-0.1, -0.05) is 18.2 Å². The molecule has 1 aliphatic rings. The van der Waals surface area contributed by atoms with Crippen LogP contribution in [0.5, 0.6) is 5.75 Å². The number of anilines is 2. The number of rotatable bonds is 5. The molecule has 2 N–H and O–H groups in total. The largest absolute Gasteiger partial charge is 0.573 e. The lowest BCUT2D eigenvalue weighted by molar-refractivity contribution is -0.274. The van der Waals surface area contributed by atoms with Gasteiger partial charge in [0.05, 0.1) is 5.56 Å². The first kappa shape index (κ1) is 20.0. The summed E-state index contributed by atoms with van der Waals surface area (Å²) in [5.41, 5.74) is 1.16. The Hall–Kier alpha value is -2.74. The summed E-state index contributed by atoms with van der Waals surface area (Å²) in [6, 6.07) is 12.7. The number of halogens is 3. The molecule has 0 bridgehead atoms. The number of benzene rings is 2. The van der Waals surface area contributed by atoms with Crippen molar-refractivity contribution in [2.75, 3.05) is 30.8 Å². The number of hydrogen-bond acceptors (Lipinski definition) is 4. The summed E-state index contributed by atoms with van der Waals surface area (Å²) in [6.45, 7) is 2.04. The summed E-state index contributed by atoms with van der Waals surface area (Å²) in [7, 11) is 2.09. The lowest BCUT2D eigenvalue weighted by atomic mass is 10.1. The number of nitrogens with one attached hydrogen (secondary N) is 2. The molecule has 0 aromatic heterocycles. The Morgan fingerprint density at radius 1 is 1.07 bits per heavy atom. The smallest absolute Gasteiger partial charge is 0.405 e. The van der Waals surface area contributed by atoms with Crippen molar-refractivity contribution in [3.8, 4) is 5.75 Å². The van der Waals surface area contributed by atoms with Gasteiger partial charge in [0.2, 0.25) is 0 Å². The minimum absolute atomic E-state index is 0.187. The molecule has 2 aromatic carbocycles. The van der Waals surface area contributed by atoms with Gasteiger partial charge >= 0.3 is 6.36 Å². The van der Waals surface area contributed by atoms with Crippen LogP contribution in [0.4, 0.5) is 24.5 Å². The maximum absolute atomic E-state index is 12.5. The van der Waals surface area contributed by atoms with E-state index in [9.17, 15) is 18.0 Å². The monoisotopic (exact) mass is 393 g/mol. The van der Waals surface area contributed by atoms with Crippen LogP contribution >= 0.6 is 0 Å². The van der Waals surface area contributed by atoms with Crippen molar-refractivity contribution in [2.45, 2.75) is 25.2 Å². The zero-order chi connectivity index (χ0) is 20.1. The molecule has 8 heteroatoms. The summed E-state index contributed by atoms with van der Waals surface area (Å²) >= 11 is 0. The molecule has 0 saturated carbocycles. The van der Waals surface area contributed by atoms with Gasteiger partial charge in [0.1, 0.15) is 5.75 Å². The van der Waals surface area contributed by atoms with Gasteiger partial charge in [0, 0.05) is 17.4 Å². The third-order valence-electron chi connectivity index (χ3n) is 4.57. The van der Waals surface area contributed by atoms with E-state index in [-0.39, 0.29) is 5.56 Å². The fourth-order valence-corrected chi connectivity index (χ4v) is 3.14. The number of carbonyl (C=O) groups is 1. The average Bonchev–Trinajstić information content (AvgIpc) is 2.63. The minimum atomic E-state index is -4.87. The van der Waals surface area contributed by atoms with Crippen LogP contribution in [0.15, 0.2) is 48.5 Å². The topological polar surface area (TPSA) is 53.6 Å². The molecule has 1 aliphatic heterocycles. The Bertz CT molecular complexity index is 818. The van der Waals surface area contributed by atoms with Gasteiger partial charge < -0.3 is 20.3 Å². The van der Waals surface area contributed by atoms with Gasteiger partial charge in [0.25, 0.3) is 5.91 Å². The first-order chi connectivity index (χ1) is 13.3. The van der Waals surface area contributed by atoms with Crippen LogP contribution in [0.3, 0.4) is 0 Å². The van der Waals surface area contributed by atoms with Crippen molar-refractivity contribution in [2.24, 2.45) is 0 Å². The maximum atomic E-state index is 12.5. The molecule has 5 nitrogen and oxygen atoms in total. The Labute approximate surface area is 161 Å². The summed E-state index contributed by atoms with van der Waals surface area (Å²) in [5.74, 6) is -1.20. The van der Waals surface area contributed by atoms with E-state index in [4.69, 9.17) is 0 Å². The molecule has 0 atom stereocenters. The zero-order valence-corrected chi connectivity index (χ0v) is 15.4. The van der Waals surface area contributed by atoms with Crippen LogP contribution in [0.25, 0.3) is 0 Å². The molecule has 3 rings (SSSR count). The number of carbonyl (C=O) groups excluding carboxylic acids is 1. The van der Waals surface area contributed by atoms with Crippen molar-refractivity contribution in [3.63, 3.8) is 0 Å². The number of alkyl halides is 3. The molecule has 1 fully saturated rings. The Balaban J connectivity index is 1.68. The molecule has 1 amide bonds. The number of nitrogens with zero attached hydrogens (tertiary/aromatic N) is 1. The van der Waals surface area contributed by atoms with Crippen molar-refractivity contribution < 1.29 is 22.7 Å². The van der Waals surface area contributed by atoms with E-state index in [2.05, 4.69) is 27.3 Å². The maximum Gasteiger partial charge on any atom is 0.573 e. The highest BCUT2D eigenvalue weighted by Gasteiger charge is 2.32. The Morgan fingerprint density at radius 2 is 1.75 bits per heavy atom. The molecule has 0 spiro atoms. The molecule has 1 saturated heterocycles. The lowest BCUT2D eigenvalue weighted by Crippen LogP contribution is -2.36. The van der Waals surface area contributed by atoms with E-state index in [1.807, 2.05) is 6.07 Å². The number of piperidine rings is 1. The molecule has 150 valence electrons. The van der Waals surface area contributed by atoms with E-state index < -0.39 is 18.0 Å². The second-order valence-electron chi connectivity index (χ2n) is 6.80. The number of amides is 1. The number of hydrogen-bond donors (Lipinski definition) is 2. The predicted molar refractivity (Wildman–Crippen MR) is 102 cm³/mol. The normalized spacial score (nSPS) is 15.9. The fraction of sp³-hybridized carbons (Fsp3) is 0.350. The third kappa shape index (κ3) is 5.63. The summed E-state index contributed by atoms with van der Waals surface area (Å²) in [5, 5.41) is 6.08. The molecule has 1 heterocycles. The van der Waals surface area contributed by atoms with Gasteiger partial charge in [-0.2, -0.15) is 0 Å². The number of para-hydroxylation sites is 1. The standard InChI is InChI=1S/C20H22F3N3O2/c1-26-11-9-14(10-12-26)24-15-5-4-6-16(13-15)25-19(27)17-7-2-3-8-18(17)28-20(21,22)23/h2-8,13-14,24H,9-12H2,1H3,(H,25,27). The van der Waals surface area contributed by atoms with Gasteiger partial charge in [-0.3, -0.25) is 4.79 Å². The SMILES string of the molecule is CN1CCC(Nc2cccc(NC(=O)c3ccccc3OC(F)(F)F)c2)CC1. The molecular formula is C20H22F3N3O2. The predicted octanol–water partition coefficient (Wildman–Crippen LogP) is 4.34. The van der Waals surface area contributed by atoms with Crippen molar-refractivity contribution in [1.29, 1.82) is 0 Å². The quantitative estimate of drug-likeness (QED) is 0.793. The highest BCUT2D eigenvalue weighted by Crippen LogP contribution is 2.27. The minimum Gasteiger partial charge on any atom is -0.405 e. The zero-order valence-electron chi connectivity index (χ0n) is 15.4. The van der Waals surface area contributed by atoms with Crippen LogP contribution in [0.2, 0.25) is 0 Å². The lowest BCUT2D eigenvalue weighted by Gasteiger charge is -2.30. The summed E-state index contributed by atoms with van der Waals surface area (Å²) in [6.07, 6.45) is -2.82. The number of likely N-dealkylation sites (tertiary alicyclic amines) is 1. The highest BCUT2D eigenvalue weighted by atomic mass is 19.4. The van der Waals surface area contributed by atoms with Crippen molar-refractivity contribution in [1.82, 2.24) is 4.90 Å². The summed E-state index contributed by atoms with van der Waals surface area (Å²) < 4.78 is 41.6. The van der Waals surface area contributed by atoms with E-state index in [0.29, 0.717) is 11.7 Å². The fourth-order valence-electron chi connectivity index (χ4n) is 3.14. The third-order valence-corrected chi connectivity index (χ3v) is 4.57. The highest BCUT2D eigenvalue weighted by molar-refractivity contribution is 6.06. The van der Waals surface area contributed by atoms with E-state index in [0.717, 1.165) is 37.7 Å². The Morgan fingerprint density at radius 3 is 2.46 bits per heavy atom. The van der Waals surface area contributed by atoms with Crippen LogP contribution in [0, 0.1) is 0 Å². The number of ether oxygens (including phenoxy) is 1. The van der Waals surface area contributed by atoms with Crippen molar-refractivity contribution in [3.05, 3.63) is 54.1 Å². The molecule has 28 heavy (non-hydrogen) atoms. The van der Waals surface area contributed by atoms with Crippen LogP contribution in [-0.2, 0) is 0 Å². The van der Waals surface area contributed by atoms with Gasteiger partial charge in [-0.05, 0) is 63.3 Å². The van der Waals surface area contributed by atoms with Gasteiger partial charge in [-0.25, -0.2) is 0 Å². The van der Waals surface area contributed by atoms with E-state index in [1.165, 1.54) is 18.2 Å². The second-order valence-corrected chi connectivity index (χ2v) is 6.80. The Kier molecular flexibility index (Phi) is 6.08. The van der Waals surface area contributed by atoms with E-state index >= 15 is 0 Å². The molecule has 0 radical (unpaired) electrons. The average molecular weight is 393 g/mol. The summed E-state index contributed by atoms with van der Waals surface area (Å²) in [4.78, 5) is 14.7. The molecular weight excluding hydrogens is 371 g/mol. The molecule has 2 aromatic rings. The van der Waals surface area contributed by atoms with Crippen LogP contribution < -0.4 is 15.4 Å².